The van der Waals surface area contributed by atoms with Gasteiger partial charge in [0.2, 0.25) is 11.9 Å². The third kappa shape index (κ3) is 8.73. The maximum atomic E-state index is 13.3. The standard InChI is InChI=1S/C26H41N5O8S/c1-14-15(2)21(16(3)17-12-26(7,8)38-20(14)17)40(36,37)31-23(27)28-11-9-10-18(22(34)29-13-19(32)33)30-24(35)39-25(4,5)6/h18H,9-13H2,1-8H3,(H,29,34)(H,30,35)(H,32,33)(H3,27,28,31)/t18-/m0/s1. The normalized spacial score (nSPS) is 15.4. The molecule has 14 heteroatoms. The quantitative estimate of drug-likeness (QED) is 0.155. The van der Waals surface area contributed by atoms with Gasteiger partial charge in [-0.2, -0.15) is 0 Å². The van der Waals surface area contributed by atoms with Crippen LogP contribution in [0.5, 0.6) is 5.75 Å². The van der Waals surface area contributed by atoms with Crippen LogP contribution < -0.4 is 25.8 Å². The van der Waals surface area contributed by atoms with E-state index >= 15 is 0 Å². The molecule has 0 saturated carbocycles. The molecule has 0 saturated heterocycles. The lowest BCUT2D eigenvalue weighted by molar-refractivity contribution is -0.138. The van der Waals surface area contributed by atoms with Gasteiger partial charge in [0.1, 0.15) is 29.5 Å². The van der Waals surface area contributed by atoms with Gasteiger partial charge in [-0.25, -0.2) is 17.9 Å². The van der Waals surface area contributed by atoms with Gasteiger partial charge in [0, 0.05) is 18.5 Å². The molecule has 40 heavy (non-hydrogen) atoms. The van der Waals surface area contributed by atoms with Crippen LogP contribution in [0.25, 0.3) is 0 Å². The maximum Gasteiger partial charge on any atom is 0.408 e. The lowest BCUT2D eigenvalue weighted by Crippen LogP contribution is -2.49. The smallest absolute Gasteiger partial charge is 0.408 e. The number of fused-ring (bicyclic) bond motifs is 1. The number of carbonyl (C=O) groups is 3. The number of guanidine groups is 1. The molecule has 0 aliphatic carbocycles. The number of aliphatic carboxylic acids is 1. The lowest BCUT2D eigenvalue weighted by Gasteiger charge is -2.23. The lowest BCUT2D eigenvalue weighted by atomic mass is 9.94. The third-order valence-electron chi connectivity index (χ3n) is 6.15. The number of amides is 2. The van der Waals surface area contributed by atoms with Crippen LogP contribution in [-0.2, 0) is 30.8 Å². The highest BCUT2D eigenvalue weighted by atomic mass is 32.2. The zero-order valence-corrected chi connectivity index (χ0v) is 25.2. The van der Waals surface area contributed by atoms with E-state index in [2.05, 4.69) is 20.3 Å². The van der Waals surface area contributed by atoms with E-state index in [-0.39, 0.29) is 30.2 Å². The number of aliphatic imine (C=N–C) groups is 1. The van der Waals surface area contributed by atoms with Crippen LogP contribution in [0, 0.1) is 20.8 Å². The van der Waals surface area contributed by atoms with E-state index in [1.165, 1.54) is 0 Å². The molecule has 0 fully saturated rings. The number of hydrogen-bond donors (Lipinski definition) is 5. The van der Waals surface area contributed by atoms with Crippen LogP contribution >= 0.6 is 0 Å². The number of ether oxygens (including phenoxy) is 2. The molecule has 13 nitrogen and oxygen atoms in total. The van der Waals surface area contributed by atoms with Crippen molar-refractivity contribution in [3.63, 3.8) is 0 Å². The van der Waals surface area contributed by atoms with Gasteiger partial charge < -0.3 is 30.9 Å². The van der Waals surface area contributed by atoms with E-state index in [1.54, 1.807) is 34.6 Å². The predicted molar refractivity (Wildman–Crippen MR) is 149 cm³/mol. The summed E-state index contributed by atoms with van der Waals surface area (Å²) in [6.07, 6.45) is 0.000693. The van der Waals surface area contributed by atoms with Gasteiger partial charge in [0.25, 0.3) is 10.0 Å². The van der Waals surface area contributed by atoms with Gasteiger partial charge in [-0.15, -0.1) is 0 Å². The Kier molecular flexibility index (Phi) is 10.1. The number of benzene rings is 1. The van der Waals surface area contributed by atoms with E-state index in [9.17, 15) is 22.8 Å². The summed E-state index contributed by atoms with van der Waals surface area (Å²) in [5, 5.41) is 13.5. The number of alkyl carbamates (subject to hydrolysis) is 1. The summed E-state index contributed by atoms with van der Waals surface area (Å²) in [6, 6.07) is -1.10. The van der Waals surface area contributed by atoms with Crippen molar-refractivity contribution < 1.29 is 37.4 Å². The van der Waals surface area contributed by atoms with Crippen LogP contribution in [-0.4, -0.2) is 67.8 Å². The first-order valence-electron chi connectivity index (χ1n) is 12.9. The Morgan fingerprint density at radius 2 is 1.77 bits per heavy atom. The molecule has 2 rings (SSSR count). The SMILES string of the molecule is Cc1c(C)c(S(=O)(=O)NC(N)=NCCC[C@H](NC(=O)OC(C)(C)C)C(=O)NCC(=O)O)c(C)c2c1OC(C)(C)C2. The van der Waals surface area contributed by atoms with Crippen LogP contribution in [0.1, 0.15) is 69.7 Å². The van der Waals surface area contributed by atoms with Gasteiger partial charge in [0.15, 0.2) is 0 Å². The first kappa shape index (κ1) is 32.7. The van der Waals surface area contributed by atoms with Crippen LogP contribution in [0.3, 0.4) is 0 Å². The molecule has 224 valence electrons. The number of rotatable bonds is 10. The molecular weight excluding hydrogens is 542 g/mol. The fourth-order valence-corrected chi connectivity index (χ4v) is 5.89. The molecule has 1 aromatic rings. The van der Waals surface area contributed by atoms with Crippen LogP contribution in [0.2, 0.25) is 0 Å². The van der Waals surface area contributed by atoms with Crippen LogP contribution in [0.15, 0.2) is 9.89 Å². The largest absolute Gasteiger partial charge is 0.487 e. The van der Waals surface area contributed by atoms with E-state index in [0.29, 0.717) is 23.3 Å². The Balaban J connectivity index is 2.11. The minimum absolute atomic E-state index is 0.0241. The Morgan fingerprint density at radius 3 is 2.35 bits per heavy atom. The van der Waals surface area contributed by atoms with Gasteiger partial charge in [-0.05, 0) is 84.9 Å². The second-order valence-corrected chi connectivity index (χ2v) is 13.0. The molecular formula is C26H41N5O8S. The second kappa shape index (κ2) is 12.3. The topological polar surface area (TPSA) is 199 Å². The van der Waals surface area contributed by atoms with Crippen molar-refractivity contribution >= 4 is 34.0 Å². The minimum atomic E-state index is -4.07. The molecule has 6 N–H and O–H groups in total. The van der Waals surface area contributed by atoms with Gasteiger partial charge in [0.05, 0.1) is 4.90 Å². The van der Waals surface area contributed by atoms with Crippen molar-refractivity contribution in [2.24, 2.45) is 10.7 Å². The highest BCUT2D eigenvalue weighted by Gasteiger charge is 2.36. The monoisotopic (exact) mass is 583 g/mol. The van der Waals surface area contributed by atoms with Gasteiger partial charge in [-0.3, -0.25) is 14.6 Å². The van der Waals surface area contributed by atoms with Crippen molar-refractivity contribution in [1.82, 2.24) is 15.4 Å². The first-order valence-corrected chi connectivity index (χ1v) is 14.4. The Bertz CT molecular complexity index is 1300. The number of hydrogen-bond acceptors (Lipinski definition) is 8. The number of carbonyl (C=O) groups excluding carboxylic acids is 2. The summed E-state index contributed by atoms with van der Waals surface area (Å²) in [6.45, 7) is 13.5. The average Bonchev–Trinajstić information content (AvgIpc) is 3.12. The summed E-state index contributed by atoms with van der Waals surface area (Å²) in [4.78, 5) is 39.6. The molecule has 1 aliphatic rings. The molecule has 0 radical (unpaired) electrons. The Labute approximate surface area is 235 Å². The minimum Gasteiger partial charge on any atom is -0.487 e. The summed E-state index contributed by atoms with van der Waals surface area (Å²) >= 11 is 0. The highest BCUT2D eigenvalue weighted by Crippen LogP contribution is 2.43. The second-order valence-electron chi connectivity index (χ2n) is 11.4. The van der Waals surface area contributed by atoms with E-state index < -0.39 is 51.8 Å². The summed E-state index contributed by atoms with van der Waals surface area (Å²) < 4.78 is 40.2. The van der Waals surface area contributed by atoms with Gasteiger partial charge in [-0.1, -0.05) is 0 Å². The number of sulfonamides is 1. The Hall–Kier alpha value is -3.55. The summed E-state index contributed by atoms with van der Waals surface area (Å²) in [7, 11) is -4.07. The fraction of sp³-hybridized carbons (Fsp3) is 0.615. The fourth-order valence-electron chi connectivity index (χ4n) is 4.37. The summed E-state index contributed by atoms with van der Waals surface area (Å²) in [5.41, 5.74) is 7.38. The zero-order valence-electron chi connectivity index (χ0n) is 24.4. The first-order chi connectivity index (χ1) is 18.2. The molecule has 0 bridgehead atoms. The third-order valence-corrected chi connectivity index (χ3v) is 7.78. The number of nitrogens with one attached hydrogen (secondary N) is 3. The average molecular weight is 584 g/mol. The van der Waals surface area contributed by atoms with Crippen molar-refractivity contribution in [3.05, 3.63) is 22.3 Å². The number of nitrogens with two attached hydrogens (primary N) is 1. The summed E-state index contributed by atoms with van der Waals surface area (Å²) in [5.74, 6) is -1.58. The molecule has 0 aromatic heterocycles. The molecule has 0 unspecified atom stereocenters. The number of carboxylic acids is 1. The van der Waals surface area contributed by atoms with Crippen molar-refractivity contribution in [2.75, 3.05) is 13.1 Å². The predicted octanol–water partition coefficient (Wildman–Crippen LogP) is 1.79. The van der Waals surface area contributed by atoms with Crippen molar-refractivity contribution in [3.8, 4) is 5.75 Å². The molecule has 1 aromatic carbocycles. The maximum absolute atomic E-state index is 13.3. The molecule has 2 amide bonds. The van der Waals surface area contributed by atoms with Crippen LogP contribution in [0.4, 0.5) is 4.79 Å². The van der Waals surface area contributed by atoms with E-state index in [1.807, 2.05) is 20.8 Å². The van der Waals surface area contributed by atoms with Crippen molar-refractivity contribution in [2.45, 2.75) is 96.8 Å². The van der Waals surface area contributed by atoms with Gasteiger partial charge >= 0.3 is 12.1 Å². The molecule has 1 heterocycles. The number of nitrogens with zero attached hydrogens (tertiary/aromatic N) is 1. The highest BCUT2D eigenvalue weighted by molar-refractivity contribution is 7.90. The van der Waals surface area contributed by atoms with E-state index in [4.69, 9.17) is 20.3 Å². The molecule has 0 spiro atoms. The number of carboxylic acid groups (broad SMARTS) is 1. The Morgan fingerprint density at radius 1 is 1.15 bits per heavy atom. The zero-order chi connectivity index (χ0) is 30.6. The molecule has 1 atom stereocenters. The van der Waals surface area contributed by atoms with E-state index in [0.717, 1.165) is 11.1 Å². The van der Waals surface area contributed by atoms with Crippen molar-refractivity contribution in [1.29, 1.82) is 0 Å². The molecule has 1 aliphatic heterocycles.